The molecule has 0 saturated heterocycles. The molecule has 2 heterocycles. The number of benzene rings is 1. The third-order valence-corrected chi connectivity index (χ3v) is 2.55. The van der Waals surface area contributed by atoms with E-state index < -0.39 is 5.76 Å². The molecule has 0 amide bonds. The Morgan fingerprint density at radius 3 is 2.72 bits per heavy atom. The molecule has 3 aromatic rings. The zero-order chi connectivity index (χ0) is 12.4. The minimum Gasteiger partial charge on any atom is -0.406 e. The predicted molar refractivity (Wildman–Crippen MR) is 70.0 cm³/mol. The highest BCUT2D eigenvalue weighted by atomic mass is 16.4. The number of hydrogen-bond donors (Lipinski definition) is 1. The van der Waals surface area contributed by atoms with Crippen LogP contribution < -0.4 is 5.76 Å². The van der Waals surface area contributed by atoms with Crippen molar-refractivity contribution in [1.29, 1.82) is 0 Å². The fourth-order valence-electron chi connectivity index (χ4n) is 1.69. The third-order valence-electron chi connectivity index (χ3n) is 2.55. The van der Waals surface area contributed by atoms with Gasteiger partial charge in [-0.05, 0) is 23.8 Å². The Kier molecular flexibility index (Phi) is 2.53. The van der Waals surface area contributed by atoms with Gasteiger partial charge in [0.25, 0.3) is 0 Å². The van der Waals surface area contributed by atoms with Crippen LogP contribution in [0.1, 0.15) is 11.3 Å². The molecule has 88 valence electrons. The summed E-state index contributed by atoms with van der Waals surface area (Å²) in [6.07, 6.45) is 3.85. The summed E-state index contributed by atoms with van der Waals surface area (Å²) in [6.45, 7) is 0. The van der Waals surface area contributed by atoms with Crippen molar-refractivity contribution in [2.45, 2.75) is 0 Å². The van der Waals surface area contributed by atoms with Crippen molar-refractivity contribution in [3.05, 3.63) is 64.3 Å². The number of pyridine rings is 1. The number of nitrogens with one attached hydrogen (secondary N) is 1. The molecular formula is C14H10N2O2. The fourth-order valence-corrected chi connectivity index (χ4v) is 1.69. The van der Waals surface area contributed by atoms with E-state index in [1.165, 1.54) is 0 Å². The van der Waals surface area contributed by atoms with E-state index in [-0.39, 0.29) is 0 Å². The number of aromatic nitrogens is 2. The molecule has 2 aromatic heterocycles. The summed E-state index contributed by atoms with van der Waals surface area (Å²) in [5.74, 6) is -0.485. The number of oxazole rings is 1. The topological polar surface area (TPSA) is 58.9 Å². The Hall–Kier alpha value is -2.62. The highest BCUT2D eigenvalue weighted by Gasteiger charge is 2.01. The van der Waals surface area contributed by atoms with Crippen LogP contribution in [0.2, 0.25) is 0 Å². The van der Waals surface area contributed by atoms with Gasteiger partial charge in [0.2, 0.25) is 0 Å². The molecule has 1 aromatic carbocycles. The largest absolute Gasteiger partial charge is 0.418 e. The maximum atomic E-state index is 11.0. The Labute approximate surface area is 103 Å². The number of hydrogen-bond acceptors (Lipinski definition) is 3. The van der Waals surface area contributed by atoms with Gasteiger partial charge in [0.05, 0.1) is 5.69 Å². The van der Waals surface area contributed by atoms with Crippen molar-refractivity contribution in [3.8, 4) is 0 Å². The number of nitrogens with zero attached hydrogens (tertiary/aromatic N) is 1. The van der Waals surface area contributed by atoms with Crippen LogP contribution >= 0.6 is 0 Å². The molecule has 0 aliphatic rings. The lowest BCUT2D eigenvalue weighted by Gasteiger charge is -1.93. The summed E-state index contributed by atoms with van der Waals surface area (Å²) in [6, 6.07) is 13.5. The van der Waals surface area contributed by atoms with Gasteiger partial charge in [-0.1, -0.05) is 36.4 Å². The van der Waals surface area contributed by atoms with Gasteiger partial charge in [-0.25, -0.2) is 9.78 Å². The van der Waals surface area contributed by atoms with Crippen LogP contribution in [-0.4, -0.2) is 9.97 Å². The Balaban J connectivity index is 1.95. The lowest BCUT2D eigenvalue weighted by Crippen LogP contribution is -1.93. The van der Waals surface area contributed by atoms with Gasteiger partial charge < -0.3 is 4.42 Å². The molecule has 0 spiro atoms. The van der Waals surface area contributed by atoms with Crippen LogP contribution in [0.25, 0.3) is 23.4 Å². The molecule has 0 aliphatic carbocycles. The molecule has 0 atom stereocenters. The minimum absolute atomic E-state index is 0.468. The van der Waals surface area contributed by atoms with E-state index in [1.54, 1.807) is 12.1 Å². The smallest absolute Gasteiger partial charge is 0.406 e. The lowest BCUT2D eigenvalue weighted by atomic mass is 10.2. The standard InChI is InChI=1S/C14H10N2O2/c17-14-16-13-12(18-14)9-8-11(15-13)7-6-10-4-2-1-3-5-10/h1-9H,(H,15,16,17)/b7-6+. The normalized spacial score (nSPS) is 11.3. The first-order chi connectivity index (χ1) is 8.81. The van der Waals surface area contributed by atoms with Gasteiger partial charge in [0, 0.05) is 0 Å². The first kappa shape index (κ1) is 10.5. The van der Waals surface area contributed by atoms with Crippen molar-refractivity contribution in [2.75, 3.05) is 0 Å². The fraction of sp³-hybridized carbons (Fsp3) is 0. The van der Waals surface area contributed by atoms with Gasteiger partial charge in [0.15, 0.2) is 11.2 Å². The number of fused-ring (bicyclic) bond motifs is 1. The van der Waals surface area contributed by atoms with Gasteiger partial charge in [-0.15, -0.1) is 0 Å². The first-order valence-electron chi connectivity index (χ1n) is 5.54. The van der Waals surface area contributed by atoms with E-state index in [0.29, 0.717) is 11.2 Å². The highest BCUT2D eigenvalue weighted by molar-refractivity contribution is 5.73. The van der Waals surface area contributed by atoms with E-state index in [9.17, 15) is 4.79 Å². The number of aromatic amines is 1. The summed E-state index contributed by atoms with van der Waals surface area (Å²) in [5.41, 5.74) is 2.80. The van der Waals surface area contributed by atoms with E-state index in [0.717, 1.165) is 11.3 Å². The average Bonchev–Trinajstić information content (AvgIpc) is 2.77. The molecule has 0 fully saturated rings. The van der Waals surface area contributed by atoms with Gasteiger partial charge in [0.1, 0.15) is 0 Å². The second kappa shape index (κ2) is 4.33. The summed E-state index contributed by atoms with van der Waals surface area (Å²) < 4.78 is 4.89. The molecule has 1 N–H and O–H groups in total. The molecule has 0 aliphatic heterocycles. The number of rotatable bonds is 2. The summed E-state index contributed by atoms with van der Waals surface area (Å²) in [4.78, 5) is 17.8. The van der Waals surface area contributed by atoms with E-state index >= 15 is 0 Å². The molecule has 18 heavy (non-hydrogen) atoms. The van der Waals surface area contributed by atoms with Crippen LogP contribution in [0.5, 0.6) is 0 Å². The van der Waals surface area contributed by atoms with Crippen molar-refractivity contribution < 1.29 is 4.42 Å². The van der Waals surface area contributed by atoms with Crippen LogP contribution in [0.15, 0.2) is 51.7 Å². The van der Waals surface area contributed by atoms with Crippen LogP contribution in [0.4, 0.5) is 0 Å². The minimum atomic E-state index is -0.485. The van der Waals surface area contributed by atoms with Crippen molar-refractivity contribution in [1.82, 2.24) is 9.97 Å². The monoisotopic (exact) mass is 238 g/mol. The van der Waals surface area contributed by atoms with Crippen LogP contribution in [0.3, 0.4) is 0 Å². The number of H-pyrrole nitrogens is 1. The molecule has 4 nitrogen and oxygen atoms in total. The Morgan fingerprint density at radius 1 is 1.06 bits per heavy atom. The third kappa shape index (κ3) is 2.08. The van der Waals surface area contributed by atoms with Crippen LogP contribution in [-0.2, 0) is 0 Å². The second-order valence-corrected chi connectivity index (χ2v) is 3.84. The second-order valence-electron chi connectivity index (χ2n) is 3.84. The Bertz CT molecular complexity index is 754. The summed E-state index contributed by atoms with van der Waals surface area (Å²) in [5, 5.41) is 0. The lowest BCUT2D eigenvalue weighted by molar-refractivity contribution is 0.555. The Morgan fingerprint density at radius 2 is 1.89 bits per heavy atom. The van der Waals surface area contributed by atoms with E-state index in [2.05, 4.69) is 9.97 Å². The summed E-state index contributed by atoms with van der Waals surface area (Å²) >= 11 is 0. The van der Waals surface area contributed by atoms with Crippen molar-refractivity contribution >= 4 is 23.4 Å². The highest BCUT2D eigenvalue weighted by Crippen LogP contribution is 2.10. The zero-order valence-electron chi connectivity index (χ0n) is 9.46. The van der Waals surface area contributed by atoms with E-state index in [1.807, 2.05) is 42.5 Å². The maximum Gasteiger partial charge on any atom is 0.418 e. The van der Waals surface area contributed by atoms with Gasteiger partial charge in [-0.2, -0.15) is 0 Å². The quantitative estimate of drug-likeness (QED) is 0.746. The molecule has 0 bridgehead atoms. The van der Waals surface area contributed by atoms with E-state index in [4.69, 9.17) is 4.42 Å². The van der Waals surface area contributed by atoms with Crippen molar-refractivity contribution in [3.63, 3.8) is 0 Å². The SMILES string of the molecule is O=c1[nH]c2nc(/C=C/c3ccccc3)ccc2o1. The molecule has 0 radical (unpaired) electrons. The van der Waals surface area contributed by atoms with Gasteiger partial charge in [-0.3, -0.25) is 4.98 Å². The van der Waals surface area contributed by atoms with Crippen molar-refractivity contribution in [2.24, 2.45) is 0 Å². The zero-order valence-corrected chi connectivity index (χ0v) is 9.46. The predicted octanol–water partition coefficient (Wildman–Crippen LogP) is 2.69. The molecule has 0 unspecified atom stereocenters. The molecular weight excluding hydrogens is 228 g/mol. The average molecular weight is 238 g/mol. The first-order valence-corrected chi connectivity index (χ1v) is 5.54. The molecule has 0 saturated carbocycles. The van der Waals surface area contributed by atoms with Gasteiger partial charge >= 0.3 is 5.76 Å². The van der Waals surface area contributed by atoms with Crippen LogP contribution in [0, 0.1) is 0 Å². The molecule has 4 heteroatoms. The molecule has 3 rings (SSSR count). The summed E-state index contributed by atoms with van der Waals surface area (Å²) in [7, 11) is 0. The maximum absolute atomic E-state index is 11.0.